The largest absolute Gasteiger partial charge is 0.426 e. The molecular formula is C21H28O3. The van der Waals surface area contributed by atoms with E-state index in [9.17, 15) is 4.79 Å². The zero-order valence-corrected chi connectivity index (χ0v) is 15.2. The fraction of sp³-hybridized carbons (Fsp3) is 0.476. The van der Waals surface area contributed by atoms with Crippen LogP contribution in [0, 0.1) is 5.41 Å². The van der Waals surface area contributed by atoms with Gasteiger partial charge >= 0.3 is 5.97 Å². The third-order valence-electron chi connectivity index (χ3n) is 4.43. The Labute approximate surface area is 145 Å². The molecule has 0 unspecified atom stereocenters. The highest BCUT2D eigenvalue weighted by Crippen LogP contribution is 2.26. The molecule has 0 aliphatic heterocycles. The van der Waals surface area contributed by atoms with Crippen LogP contribution in [-0.2, 0) is 16.1 Å². The van der Waals surface area contributed by atoms with E-state index in [1.165, 1.54) is 0 Å². The summed E-state index contributed by atoms with van der Waals surface area (Å²) in [5, 5.41) is 2.19. The number of hydrogen-bond donors (Lipinski definition) is 0. The maximum atomic E-state index is 12.2. The molecule has 0 amide bonds. The molecule has 0 aromatic heterocycles. The van der Waals surface area contributed by atoms with E-state index in [4.69, 9.17) is 9.47 Å². The van der Waals surface area contributed by atoms with Crippen LogP contribution in [0.1, 0.15) is 52.5 Å². The predicted octanol–water partition coefficient (Wildman–Crippen LogP) is 5.50. The summed E-state index contributed by atoms with van der Waals surface area (Å²) >= 11 is 0. The highest BCUT2D eigenvalue weighted by Gasteiger charge is 2.27. The first-order valence-corrected chi connectivity index (χ1v) is 8.79. The summed E-state index contributed by atoms with van der Waals surface area (Å²) in [6.45, 7) is 9.40. The van der Waals surface area contributed by atoms with Crippen LogP contribution in [0.4, 0.5) is 0 Å². The Bertz CT molecular complexity index is 689. The van der Waals surface area contributed by atoms with Gasteiger partial charge < -0.3 is 9.47 Å². The number of carbonyl (C=O) groups is 1. The van der Waals surface area contributed by atoms with E-state index in [-0.39, 0.29) is 5.97 Å². The van der Waals surface area contributed by atoms with Crippen molar-refractivity contribution in [3.63, 3.8) is 0 Å². The van der Waals surface area contributed by atoms with Gasteiger partial charge in [0.2, 0.25) is 0 Å². The fourth-order valence-corrected chi connectivity index (χ4v) is 2.25. The second-order valence-electron chi connectivity index (χ2n) is 6.88. The lowest BCUT2D eigenvalue weighted by atomic mass is 9.91. The minimum atomic E-state index is -0.464. The number of carbonyl (C=O) groups excluding carboxylic acids is 1. The zero-order chi connectivity index (χ0) is 17.6. The third-order valence-corrected chi connectivity index (χ3v) is 4.43. The molecule has 2 aromatic rings. The molecule has 0 aliphatic carbocycles. The van der Waals surface area contributed by atoms with Gasteiger partial charge in [-0.15, -0.1) is 0 Å². The molecule has 24 heavy (non-hydrogen) atoms. The zero-order valence-electron chi connectivity index (χ0n) is 15.2. The number of fused-ring (bicyclic) bond motifs is 1. The highest BCUT2D eigenvalue weighted by molar-refractivity contribution is 5.86. The van der Waals surface area contributed by atoms with Gasteiger partial charge in [-0.1, -0.05) is 38.5 Å². The molecular weight excluding hydrogens is 300 g/mol. The second-order valence-corrected chi connectivity index (χ2v) is 6.88. The van der Waals surface area contributed by atoms with Gasteiger partial charge in [-0.3, -0.25) is 4.79 Å². The first-order valence-electron chi connectivity index (χ1n) is 8.79. The number of esters is 1. The van der Waals surface area contributed by atoms with Gasteiger partial charge in [0.25, 0.3) is 0 Å². The summed E-state index contributed by atoms with van der Waals surface area (Å²) in [5.41, 5.74) is 0.699. The first-order chi connectivity index (χ1) is 11.5. The molecule has 3 nitrogen and oxygen atoms in total. The van der Waals surface area contributed by atoms with Crippen LogP contribution in [0.5, 0.6) is 5.75 Å². The topological polar surface area (TPSA) is 35.5 Å². The van der Waals surface area contributed by atoms with Crippen molar-refractivity contribution in [1.82, 2.24) is 0 Å². The van der Waals surface area contributed by atoms with Crippen LogP contribution in [0.15, 0.2) is 36.4 Å². The maximum absolute atomic E-state index is 12.2. The molecule has 0 aliphatic rings. The van der Waals surface area contributed by atoms with E-state index in [1.54, 1.807) is 0 Å². The first kappa shape index (κ1) is 18.5. The summed E-state index contributed by atoms with van der Waals surface area (Å²) < 4.78 is 11.2. The van der Waals surface area contributed by atoms with Crippen molar-refractivity contribution in [2.24, 2.45) is 5.41 Å². The van der Waals surface area contributed by atoms with Crippen LogP contribution < -0.4 is 4.74 Å². The number of unbranched alkanes of at least 4 members (excludes halogenated alkanes) is 1. The number of rotatable bonds is 8. The van der Waals surface area contributed by atoms with Gasteiger partial charge in [0.1, 0.15) is 5.75 Å². The smallest absolute Gasteiger partial charge is 0.316 e. The lowest BCUT2D eigenvalue weighted by molar-refractivity contribution is -0.144. The van der Waals surface area contributed by atoms with E-state index in [2.05, 4.69) is 25.1 Å². The monoisotopic (exact) mass is 328 g/mol. The minimum Gasteiger partial charge on any atom is -0.426 e. The van der Waals surface area contributed by atoms with Gasteiger partial charge in [-0.2, -0.15) is 0 Å². The summed E-state index contributed by atoms with van der Waals surface area (Å²) in [4.78, 5) is 12.2. The molecule has 0 fully saturated rings. The van der Waals surface area contributed by atoms with E-state index in [1.807, 2.05) is 39.0 Å². The van der Waals surface area contributed by atoms with Crippen molar-refractivity contribution in [2.45, 2.75) is 53.6 Å². The third kappa shape index (κ3) is 4.81. The Hall–Kier alpha value is -1.87. The summed E-state index contributed by atoms with van der Waals surface area (Å²) in [5.74, 6) is 0.409. The highest BCUT2D eigenvalue weighted by atomic mass is 16.5. The van der Waals surface area contributed by atoms with E-state index >= 15 is 0 Å². The van der Waals surface area contributed by atoms with Gasteiger partial charge in [0, 0.05) is 6.61 Å². The fourth-order valence-electron chi connectivity index (χ4n) is 2.25. The Morgan fingerprint density at radius 1 is 1.04 bits per heavy atom. The van der Waals surface area contributed by atoms with Gasteiger partial charge in [-0.25, -0.2) is 0 Å². The number of benzene rings is 2. The van der Waals surface area contributed by atoms with Crippen molar-refractivity contribution in [2.75, 3.05) is 6.61 Å². The molecule has 0 radical (unpaired) electrons. The molecule has 0 heterocycles. The molecule has 0 N–H and O–H groups in total. The van der Waals surface area contributed by atoms with Crippen molar-refractivity contribution in [1.29, 1.82) is 0 Å². The van der Waals surface area contributed by atoms with E-state index in [0.29, 0.717) is 12.4 Å². The van der Waals surface area contributed by atoms with Crippen molar-refractivity contribution < 1.29 is 14.3 Å². The summed E-state index contributed by atoms with van der Waals surface area (Å²) in [6, 6.07) is 12.0. The SMILES string of the molecule is CCCCOCc1ccc2cc(OC(=O)C(C)(C)CC)ccc2c1. The molecule has 2 aromatic carbocycles. The normalized spacial score (nSPS) is 11.7. The quantitative estimate of drug-likeness (QED) is 0.365. The van der Waals surface area contributed by atoms with Crippen LogP contribution in [-0.4, -0.2) is 12.6 Å². The maximum Gasteiger partial charge on any atom is 0.316 e. The Morgan fingerprint density at radius 2 is 1.75 bits per heavy atom. The van der Waals surface area contributed by atoms with Gasteiger partial charge in [0.15, 0.2) is 0 Å². The Balaban J connectivity index is 2.07. The number of ether oxygens (including phenoxy) is 2. The lowest BCUT2D eigenvalue weighted by Crippen LogP contribution is -2.28. The van der Waals surface area contributed by atoms with Crippen molar-refractivity contribution in [3.05, 3.63) is 42.0 Å². The molecule has 0 bridgehead atoms. The lowest BCUT2D eigenvalue weighted by Gasteiger charge is -2.20. The van der Waals surface area contributed by atoms with Crippen LogP contribution in [0.25, 0.3) is 10.8 Å². The minimum absolute atomic E-state index is 0.190. The summed E-state index contributed by atoms with van der Waals surface area (Å²) in [7, 11) is 0. The van der Waals surface area contributed by atoms with Crippen molar-refractivity contribution >= 4 is 16.7 Å². The van der Waals surface area contributed by atoms with Gasteiger partial charge in [-0.05, 0) is 61.2 Å². The average molecular weight is 328 g/mol. The molecule has 130 valence electrons. The van der Waals surface area contributed by atoms with Crippen LogP contribution >= 0.6 is 0 Å². The average Bonchev–Trinajstić information content (AvgIpc) is 2.58. The molecule has 0 saturated heterocycles. The van der Waals surface area contributed by atoms with E-state index < -0.39 is 5.41 Å². The Morgan fingerprint density at radius 3 is 2.46 bits per heavy atom. The molecule has 0 saturated carbocycles. The Kier molecular flexibility index (Phi) is 6.38. The standard InChI is InChI=1S/C21H28O3/c1-5-7-12-23-15-16-8-9-18-14-19(11-10-17(18)13-16)24-20(22)21(3,4)6-2/h8-11,13-14H,5-7,12,15H2,1-4H3. The predicted molar refractivity (Wildman–Crippen MR) is 98.2 cm³/mol. The number of hydrogen-bond acceptors (Lipinski definition) is 3. The summed E-state index contributed by atoms with van der Waals surface area (Å²) in [6.07, 6.45) is 2.99. The van der Waals surface area contributed by atoms with Gasteiger partial charge in [0.05, 0.1) is 12.0 Å². The molecule has 0 atom stereocenters. The van der Waals surface area contributed by atoms with Crippen LogP contribution in [0.3, 0.4) is 0 Å². The van der Waals surface area contributed by atoms with Crippen molar-refractivity contribution in [3.8, 4) is 5.75 Å². The molecule has 0 spiro atoms. The van der Waals surface area contributed by atoms with E-state index in [0.717, 1.165) is 42.2 Å². The second kappa shape index (κ2) is 8.29. The van der Waals surface area contributed by atoms with Crippen LogP contribution in [0.2, 0.25) is 0 Å². The molecule has 2 rings (SSSR count). The molecule has 3 heteroatoms.